The molecule has 6 aromatic rings. The van der Waals surface area contributed by atoms with Crippen LogP contribution in [0.3, 0.4) is 0 Å². The smallest absolute Gasteiger partial charge is 0.416 e. The number of thiazole rings is 1. The second-order valence-electron chi connectivity index (χ2n) is 11.1. The number of hydrogen-bond acceptors (Lipinski definition) is 9. The Balaban J connectivity index is 1.79. The Morgan fingerprint density at radius 3 is 1.49 bits per heavy atom. The highest BCUT2D eigenvalue weighted by molar-refractivity contribution is 7.16. The minimum Gasteiger partial charge on any atom is -0.432 e. The Labute approximate surface area is 299 Å². The Morgan fingerprint density at radius 1 is 0.564 bits per heavy atom. The van der Waals surface area contributed by atoms with Crippen molar-refractivity contribution in [3.63, 3.8) is 0 Å². The summed E-state index contributed by atoms with van der Waals surface area (Å²) in [7, 11) is 0. The van der Waals surface area contributed by atoms with E-state index < -0.39 is 108 Å². The molecular weight excluding hydrogens is 784 g/mol. The number of benzene rings is 3. The van der Waals surface area contributed by atoms with Gasteiger partial charge in [0, 0.05) is 5.22 Å². The van der Waals surface area contributed by atoms with Crippen molar-refractivity contribution in [2.45, 2.75) is 24.7 Å². The molecule has 0 aliphatic heterocycles. The van der Waals surface area contributed by atoms with E-state index in [9.17, 15) is 73.7 Å². The van der Waals surface area contributed by atoms with Crippen molar-refractivity contribution >= 4 is 44.0 Å². The minimum absolute atomic E-state index is 0.0445. The van der Waals surface area contributed by atoms with Crippen LogP contribution in [0.15, 0.2) is 57.4 Å². The first-order chi connectivity index (χ1) is 25.6. The van der Waals surface area contributed by atoms with Crippen molar-refractivity contribution in [1.29, 1.82) is 21.0 Å². The Bertz CT molecular complexity index is 2900. The number of nitrogens with zero attached hydrogens (tertiary/aromatic N) is 6. The number of fused-ring (bicyclic) bond motifs is 2. The van der Waals surface area contributed by atoms with Crippen LogP contribution in [0.2, 0.25) is 0 Å². The zero-order valence-corrected chi connectivity index (χ0v) is 26.9. The summed E-state index contributed by atoms with van der Waals surface area (Å²) in [6, 6.07) is 8.78. The van der Waals surface area contributed by atoms with Gasteiger partial charge in [-0.05, 0) is 65.2 Å². The number of hydrogen-bond donors (Lipinski definition) is 0. The Kier molecular flexibility index (Phi) is 8.91. The van der Waals surface area contributed by atoms with Crippen molar-refractivity contribution < 1.29 is 61.5 Å². The summed E-state index contributed by atoms with van der Waals surface area (Å²) in [4.78, 5) is 8.05. The van der Waals surface area contributed by atoms with Gasteiger partial charge >= 0.3 is 24.7 Å². The van der Waals surface area contributed by atoms with E-state index in [0.29, 0.717) is 35.6 Å². The number of halogens is 12. The van der Waals surface area contributed by atoms with Crippen LogP contribution in [0, 0.1) is 55.4 Å². The van der Waals surface area contributed by atoms with Gasteiger partial charge in [-0.2, -0.15) is 78.7 Å². The summed E-state index contributed by atoms with van der Waals surface area (Å²) in [5.74, 6) is 0. The predicted molar refractivity (Wildman–Crippen MR) is 163 cm³/mol. The quantitative estimate of drug-likeness (QED) is 0.158. The highest BCUT2D eigenvalue weighted by atomic mass is 32.1. The average molecular weight is 793 g/mol. The summed E-state index contributed by atoms with van der Waals surface area (Å²) in [5.41, 5.74) is -14.1. The number of furan rings is 1. The lowest BCUT2D eigenvalue weighted by atomic mass is 9.96. The van der Waals surface area contributed by atoms with Crippen LogP contribution < -0.4 is 10.8 Å². The van der Waals surface area contributed by atoms with E-state index in [1.807, 2.05) is 0 Å². The average Bonchev–Trinajstić information content (AvgIpc) is 3.80. The molecule has 0 N–H and O–H groups in total. The Hall–Kier alpha value is -6.84. The second-order valence-corrected chi connectivity index (χ2v) is 12.2. The van der Waals surface area contributed by atoms with Gasteiger partial charge in [-0.3, -0.25) is 0 Å². The van der Waals surface area contributed by atoms with Gasteiger partial charge in [0.1, 0.15) is 29.8 Å². The fourth-order valence-electron chi connectivity index (χ4n) is 5.30. The van der Waals surface area contributed by atoms with Crippen molar-refractivity contribution in [3.05, 3.63) is 91.6 Å². The summed E-state index contributed by atoms with van der Waals surface area (Å²) in [6.07, 6.45) is -21.2. The molecule has 3 aromatic heterocycles. The zero-order valence-electron chi connectivity index (χ0n) is 26.1. The molecule has 0 saturated carbocycles. The molecule has 0 aliphatic rings. The second kappa shape index (κ2) is 12.9. The molecule has 6 rings (SSSR count). The van der Waals surface area contributed by atoms with Crippen molar-refractivity contribution in [2.75, 3.05) is 0 Å². The molecule has 0 unspecified atom stereocenters. The molecule has 0 bridgehead atoms. The highest BCUT2D eigenvalue weighted by Gasteiger charge is 2.39. The molecule has 0 aliphatic carbocycles. The van der Waals surface area contributed by atoms with E-state index in [4.69, 9.17) is 8.83 Å². The molecule has 3 aromatic carbocycles. The normalized spacial score (nSPS) is 12.9. The zero-order chi connectivity index (χ0) is 40.4. The lowest BCUT2D eigenvalue weighted by Crippen LogP contribution is -2.13. The number of alkyl halides is 12. The molecule has 21 heteroatoms. The van der Waals surface area contributed by atoms with Gasteiger partial charge in [0.15, 0.2) is 15.7 Å². The third-order valence-corrected chi connectivity index (χ3v) is 8.69. The molecule has 0 fully saturated rings. The van der Waals surface area contributed by atoms with E-state index in [0.717, 1.165) is 12.1 Å². The van der Waals surface area contributed by atoms with Crippen LogP contribution in [0.1, 0.15) is 22.3 Å². The lowest BCUT2D eigenvalue weighted by molar-refractivity contribution is -0.144. The van der Waals surface area contributed by atoms with Gasteiger partial charge < -0.3 is 8.83 Å². The number of aromatic nitrogens is 2. The summed E-state index contributed by atoms with van der Waals surface area (Å²) >= 11 is 0.567. The van der Waals surface area contributed by atoms with E-state index in [1.165, 1.54) is 24.3 Å². The van der Waals surface area contributed by atoms with Crippen LogP contribution in [0.4, 0.5) is 52.7 Å². The van der Waals surface area contributed by atoms with Gasteiger partial charge in [0.25, 0.3) is 11.3 Å². The van der Waals surface area contributed by atoms with Gasteiger partial charge in [0.05, 0.1) is 38.0 Å². The third kappa shape index (κ3) is 7.01. The SMILES string of the molecule is N#CC(C#N)=c1nc2o/c(=c3\nc4cc(-c5cc(C(F)(F)F)cc(C(F)(F)F)c5)c(=C(C#N)C#N)cc4s3)c(-c3cc(C(F)(F)F)cc(C(F)(F)F)c3)c2o1. The monoisotopic (exact) mass is 792 g/mol. The standard InChI is InChI=1S/C34H8F12N6O2S/c35-31(36,37)17-1-13(2-18(5-17)32(38,39)40)21-7-23-24(8-22(21)15(9-47)10-48)55-30(51-23)27-25(26-29(54-27)52-28(53-26)16(11-49)12-50)14-3-19(33(41,42)43)6-20(4-14)34(44,45)46/h1-8H/b30-27+. The van der Waals surface area contributed by atoms with Gasteiger partial charge in [-0.15, -0.1) is 11.3 Å². The van der Waals surface area contributed by atoms with E-state index in [2.05, 4.69) is 9.97 Å². The molecule has 8 nitrogen and oxygen atoms in total. The third-order valence-electron chi connectivity index (χ3n) is 7.68. The fraction of sp³-hybridized carbons (Fsp3) is 0.118. The molecule has 55 heavy (non-hydrogen) atoms. The predicted octanol–water partition coefficient (Wildman–Crippen LogP) is 9.12. The number of rotatable bonds is 2. The number of nitriles is 4. The topological polar surface area (TPSA) is 147 Å². The van der Waals surface area contributed by atoms with Crippen LogP contribution >= 0.6 is 11.3 Å². The van der Waals surface area contributed by atoms with E-state index in [1.54, 1.807) is 0 Å². The largest absolute Gasteiger partial charge is 0.432 e. The maximum absolute atomic E-state index is 13.9. The summed E-state index contributed by atoms with van der Waals surface area (Å²) in [5, 5.41) is 37.3. The maximum Gasteiger partial charge on any atom is 0.416 e. The first-order valence-electron chi connectivity index (χ1n) is 14.4. The molecule has 0 amide bonds. The summed E-state index contributed by atoms with van der Waals surface area (Å²) < 4.78 is 177. The van der Waals surface area contributed by atoms with Gasteiger partial charge in [-0.1, -0.05) is 0 Å². The molecule has 0 spiro atoms. The minimum atomic E-state index is -5.33. The molecule has 0 saturated heterocycles. The van der Waals surface area contributed by atoms with Gasteiger partial charge in [0.2, 0.25) is 5.58 Å². The van der Waals surface area contributed by atoms with Crippen molar-refractivity contribution in [1.82, 2.24) is 9.97 Å². The van der Waals surface area contributed by atoms with Crippen molar-refractivity contribution in [3.8, 4) is 46.5 Å². The fourth-order valence-corrected chi connectivity index (χ4v) is 6.27. The first kappa shape index (κ1) is 37.9. The highest BCUT2D eigenvalue weighted by Crippen LogP contribution is 2.42. The molecule has 0 radical (unpaired) electrons. The van der Waals surface area contributed by atoms with Crippen LogP contribution in [-0.4, -0.2) is 9.97 Å². The van der Waals surface area contributed by atoms with Crippen molar-refractivity contribution in [2.24, 2.45) is 0 Å². The molecular formula is C34H8F12N6O2S. The van der Waals surface area contributed by atoms with Gasteiger partial charge in [-0.25, -0.2) is 4.98 Å². The van der Waals surface area contributed by atoms with E-state index >= 15 is 0 Å². The summed E-state index contributed by atoms with van der Waals surface area (Å²) in [6.45, 7) is 0. The molecule has 276 valence electrons. The maximum atomic E-state index is 13.9. The molecule has 0 atom stereocenters. The molecule has 3 heterocycles. The van der Waals surface area contributed by atoms with Crippen LogP contribution in [0.5, 0.6) is 0 Å². The van der Waals surface area contributed by atoms with Crippen LogP contribution in [-0.2, 0) is 24.7 Å². The van der Waals surface area contributed by atoms with E-state index in [-0.39, 0.29) is 27.0 Å². The number of oxazole rings is 1. The lowest BCUT2D eigenvalue weighted by Gasteiger charge is -2.15. The van der Waals surface area contributed by atoms with Crippen LogP contribution in [0.25, 0.3) is 54.9 Å². The Morgan fingerprint density at radius 2 is 1.04 bits per heavy atom. The first-order valence-corrected chi connectivity index (χ1v) is 15.2.